The number of guanidine groups is 1. The van der Waals surface area contributed by atoms with E-state index >= 15 is 0 Å². The quantitative estimate of drug-likeness (QED) is 0.173. The first-order chi connectivity index (χ1) is 12.8. The van der Waals surface area contributed by atoms with Gasteiger partial charge in [0.05, 0.1) is 0 Å². The van der Waals surface area contributed by atoms with Gasteiger partial charge in [-0.3, -0.25) is 9.79 Å². The van der Waals surface area contributed by atoms with E-state index in [1.807, 2.05) is 0 Å². The maximum absolute atomic E-state index is 12.0. The highest BCUT2D eigenvalue weighted by atomic mass is 16.5. The molecule has 0 saturated carbocycles. The van der Waals surface area contributed by atoms with Crippen molar-refractivity contribution in [2.24, 2.45) is 10.7 Å². The molecular weight excluding hydrogens is 340 g/mol. The fourth-order valence-electron chi connectivity index (χ4n) is 2.95. The van der Waals surface area contributed by atoms with Crippen LogP contribution in [0.2, 0.25) is 0 Å². The average molecular weight is 385 g/mol. The van der Waals surface area contributed by atoms with Gasteiger partial charge in [-0.1, -0.05) is 45.4 Å². The first-order valence-corrected chi connectivity index (χ1v) is 10.7. The monoisotopic (exact) mass is 384 g/mol. The number of nitrogens with one attached hydrogen (secondary N) is 2. The van der Waals surface area contributed by atoms with Gasteiger partial charge in [0.2, 0.25) is 0 Å². The third-order valence-corrected chi connectivity index (χ3v) is 4.34. The second kappa shape index (κ2) is 15.7. The third-order valence-electron chi connectivity index (χ3n) is 4.34. The predicted octanol–water partition coefficient (Wildman–Crippen LogP) is 3.74. The number of unbranched alkanes of at least 4 members (excludes halogenated alkanes) is 6. The number of rotatable bonds is 15. The summed E-state index contributed by atoms with van der Waals surface area (Å²) in [5.74, 6) is 0.376. The van der Waals surface area contributed by atoms with E-state index in [-0.39, 0.29) is 17.6 Å². The minimum absolute atomic E-state index is 0.0209. The molecule has 0 aromatic carbocycles. The van der Waals surface area contributed by atoms with Gasteiger partial charge >= 0.3 is 5.97 Å². The highest BCUT2D eigenvalue weighted by Gasteiger charge is 2.18. The first kappa shape index (κ1) is 25.7. The molecule has 0 aliphatic heterocycles. The molecule has 4 N–H and O–H groups in total. The highest BCUT2D eigenvalue weighted by molar-refractivity contribution is 5.77. The summed E-state index contributed by atoms with van der Waals surface area (Å²) in [6.07, 6.45) is 10.8. The minimum Gasteiger partial charge on any atom is -0.464 e. The lowest BCUT2D eigenvalue weighted by atomic mass is 10.0. The molecule has 27 heavy (non-hydrogen) atoms. The summed E-state index contributed by atoms with van der Waals surface area (Å²) in [4.78, 5) is 15.9. The Morgan fingerprint density at radius 3 is 2.30 bits per heavy atom. The molecule has 0 aliphatic rings. The van der Waals surface area contributed by atoms with Gasteiger partial charge in [0, 0.05) is 31.6 Å². The van der Waals surface area contributed by atoms with E-state index < -0.39 is 0 Å². The van der Waals surface area contributed by atoms with Crippen LogP contribution in [0.4, 0.5) is 0 Å². The van der Waals surface area contributed by atoms with Crippen LogP contribution in [0.15, 0.2) is 4.99 Å². The molecule has 6 heteroatoms. The van der Waals surface area contributed by atoms with Crippen molar-refractivity contribution in [3.05, 3.63) is 0 Å². The molecule has 0 radical (unpaired) electrons. The molecule has 0 aromatic heterocycles. The molecule has 0 aliphatic carbocycles. The van der Waals surface area contributed by atoms with E-state index in [2.05, 4.69) is 43.3 Å². The van der Waals surface area contributed by atoms with Crippen molar-refractivity contribution >= 4 is 11.9 Å². The summed E-state index contributed by atoms with van der Waals surface area (Å²) in [5.41, 5.74) is 5.61. The van der Waals surface area contributed by atoms with Crippen LogP contribution in [0.5, 0.6) is 0 Å². The number of carbonyl (C=O) groups excluding carboxylic acids is 1. The lowest BCUT2D eigenvalue weighted by molar-refractivity contribution is -0.144. The summed E-state index contributed by atoms with van der Waals surface area (Å²) < 4.78 is 5.52. The van der Waals surface area contributed by atoms with Gasteiger partial charge in [-0.05, 0) is 40.0 Å². The Morgan fingerprint density at radius 1 is 1.07 bits per heavy atom. The largest absolute Gasteiger partial charge is 0.464 e. The zero-order valence-corrected chi connectivity index (χ0v) is 18.4. The molecule has 6 nitrogen and oxygen atoms in total. The molecule has 0 saturated heterocycles. The zero-order valence-electron chi connectivity index (χ0n) is 18.4. The number of nitrogens with two attached hydrogens (primary N) is 1. The van der Waals surface area contributed by atoms with Gasteiger partial charge < -0.3 is 21.1 Å². The minimum atomic E-state index is -0.0789. The van der Waals surface area contributed by atoms with Gasteiger partial charge in [0.25, 0.3) is 0 Å². The van der Waals surface area contributed by atoms with E-state index in [1.54, 1.807) is 7.05 Å². The van der Waals surface area contributed by atoms with E-state index in [9.17, 15) is 4.79 Å². The Labute approximate surface area is 167 Å². The van der Waals surface area contributed by atoms with Crippen LogP contribution < -0.4 is 16.4 Å². The zero-order chi connectivity index (χ0) is 20.5. The van der Waals surface area contributed by atoms with Crippen molar-refractivity contribution in [1.82, 2.24) is 10.6 Å². The number of hydrogen-bond donors (Lipinski definition) is 3. The van der Waals surface area contributed by atoms with Crippen LogP contribution in [-0.2, 0) is 9.53 Å². The van der Waals surface area contributed by atoms with Crippen molar-refractivity contribution in [2.45, 2.75) is 103 Å². The number of nitrogens with zero attached hydrogens (tertiary/aromatic N) is 1. The second-order valence-electron chi connectivity index (χ2n) is 8.32. The number of hydrogen-bond acceptors (Lipinski definition) is 4. The van der Waals surface area contributed by atoms with Gasteiger partial charge in [-0.2, -0.15) is 0 Å². The molecule has 0 rings (SSSR count). The molecule has 0 spiro atoms. The van der Waals surface area contributed by atoms with Crippen molar-refractivity contribution in [3.63, 3.8) is 0 Å². The van der Waals surface area contributed by atoms with Gasteiger partial charge in [-0.15, -0.1) is 0 Å². The van der Waals surface area contributed by atoms with Crippen molar-refractivity contribution in [1.29, 1.82) is 0 Å². The number of aliphatic imine (C=N–C) groups is 1. The van der Waals surface area contributed by atoms with Crippen LogP contribution in [0.1, 0.15) is 91.9 Å². The Hall–Kier alpha value is -1.30. The van der Waals surface area contributed by atoms with E-state index in [0.29, 0.717) is 19.0 Å². The molecule has 0 unspecified atom stereocenters. The molecule has 0 aromatic rings. The summed E-state index contributed by atoms with van der Waals surface area (Å²) in [6, 6.07) is 0.143. The van der Waals surface area contributed by atoms with Crippen molar-refractivity contribution < 1.29 is 9.53 Å². The van der Waals surface area contributed by atoms with Gasteiger partial charge in [0.1, 0.15) is 6.61 Å². The van der Waals surface area contributed by atoms with Crippen molar-refractivity contribution in [3.8, 4) is 0 Å². The number of esters is 1. The SMILES string of the molecule is CCCCCCCCCC(=O)OC[C@H](CCCNC(N)=NC)NC(C)(C)C. The fourth-order valence-corrected chi connectivity index (χ4v) is 2.95. The Morgan fingerprint density at radius 2 is 1.70 bits per heavy atom. The van der Waals surface area contributed by atoms with Crippen LogP contribution >= 0.6 is 0 Å². The standard InChI is InChI=1S/C21H44N4O2/c1-6-7-8-9-10-11-12-15-19(26)27-17-18(25-21(2,3)4)14-13-16-24-20(22)23-5/h18,25H,6-17H2,1-5H3,(H3,22,23,24)/t18-/m0/s1. The van der Waals surface area contributed by atoms with Crippen molar-refractivity contribution in [2.75, 3.05) is 20.2 Å². The molecule has 0 fully saturated rings. The van der Waals surface area contributed by atoms with E-state index in [1.165, 1.54) is 32.1 Å². The van der Waals surface area contributed by atoms with E-state index in [4.69, 9.17) is 10.5 Å². The van der Waals surface area contributed by atoms with Crippen LogP contribution in [0, 0.1) is 0 Å². The topological polar surface area (TPSA) is 88.7 Å². The summed E-state index contributed by atoms with van der Waals surface area (Å²) in [6.45, 7) is 9.78. The third kappa shape index (κ3) is 17.9. The van der Waals surface area contributed by atoms with Gasteiger partial charge in [0.15, 0.2) is 5.96 Å². The Kier molecular flexibility index (Phi) is 15.0. The predicted molar refractivity (Wildman–Crippen MR) is 115 cm³/mol. The molecule has 0 amide bonds. The average Bonchev–Trinajstić information content (AvgIpc) is 2.60. The summed E-state index contributed by atoms with van der Waals surface area (Å²) >= 11 is 0. The maximum Gasteiger partial charge on any atom is 0.305 e. The number of ether oxygens (including phenoxy) is 1. The normalized spacial score (nSPS) is 13.4. The molecule has 0 bridgehead atoms. The molecule has 160 valence electrons. The maximum atomic E-state index is 12.0. The van der Waals surface area contributed by atoms with Crippen LogP contribution in [-0.4, -0.2) is 43.7 Å². The lowest BCUT2D eigenvalue weighted by Gasteiger charge is -2.28. The summed E-state index contributed by atoms with van der Waals surface area (Å²) in [7, 11) is 1.66. The van der Waals surface area contributed by atoms with Gasteiger partial charge in [-0.25, -0.2) is 0 Å². The second-order valence-corrected chi connectivity index (χ2v) is 8.32. The summed E-state index contributed by atoms with van der Waals surface area (Å²) in [5, 5.41) is 6.60. The van der Waals surface area contributed by atoms with Crippen LogP contribution in [0.25, 0.3) is 0 Å². The Bertz CT molecular complexity index is 405. The Balaban J connectivity index is 4.02. The molecule has 0 heterocycles. The molecular formula is C21H44N4O2. The van der Waals surface area contributed by atoms with Crippen LogP contribution in [0.3, 0.4) is 0 Å². The van der Waals surface area contributed by atoms with E-state index in [0.717, 1.165) is 32.2 Å². The first-order valence-electron chi connectivity index (χ1n) is 10.7. The fraction of sp³-hybridized carbons (Fsp3) is 0.905. The highest BCUT2D eigenvalue weighted by Crippen LogP contribution is 2.10. The smallest absolute Gasteiger partial charge is 0.305 e. The number of carbonyl (C=O) groups is 1. The molecule has 1 atom stereocenters. The lowest BCUT2D eigenvalue weighted by Crippen LogP contribution is -2.46.